The Bertz CT molecular complexity index is 635. The van der Waals surface area contributed by atoms with Crippen LogP contribution in [0.4, 0.5) is 5.82 Å². The molecule has 112 valence electrons. The SMILES string of the molecule is CSc1nc(Cl)c([C@H](O)c2ccc(Cl)cc2)c(N(C)C)n1. The number of hydrogen-bond acceptors (Lipinski definition) is 5. The summed E-state index contributed by atoms with van der Waals surface area (Å²) in [7, 11) is 3.70. The normalized spacial score (nSPS) is 12.3. The van der Waals surface area contributed by atoms with Gasteiger partial charge in [-0.15, -0.1) is 0 Å². The summed E-state index contributed by atoms with van der Waals surface area (Å²) in [6.07, 6.45) is 0.962. The van der Waals surface area contributed by atoms with Crippen molar-refractivity contribution in [1.29, 1.82) is 0 Å². The zero-order valence-corrected chi connectivity index (χ0v) is 14.2. The number of aliphatic hydroxyl groups is 1. The van der Waals surface area contributed by atoms with Crippen molar-refractivity contribution >= 4 is 40.8 Å². The smallest absolute Gasteiger partial charge is 0.190 e. The first-order valence-electron chi connectivity index (χ1n) is 6.16. The molecule has 21 heavy (non-hydrogen) atoms. The third-order valence-electron chi connectivity index (χ3n) is 2.92. The average Bonchev–Trinajstić information content (AvgIpc) is 2.46. The second-order valence-corrected chi connectivity index (χ2v) is 6.15. The fourth-order valence-electron chi connectivity index (χ4n) is 1.89. The van der Waals surface area contributed by atoms with E-state index in [-0.39, 0.29) is 5.15 Å². The predicted octanol–water partition coefficient (Wildman–Crippen LogP) is 3.65. The molecule has 0 aliphatic heterocycles. The highest BCUT2D eigenvalue weighted by Crippen LogP contribution is 2.35. The highest BCUT2D eigenvalue weighted by molar-refractivity contribution is 7.98. The van der Waals surface area contributed by atoms with E-state index in [4.69, 9.17) is 23.2 Å². The molecule has 0 radical (unpaired) electrons. The van der Waals surface area contributed by atoms with Gasteiger partial charge in [-0.1, -0.05) is 47.1 Å². The first kappa shape index (κ1) is 16.4. The molecule has 0 saturated heterocycles. The Hall–Kier alpha value is -1.01. The zero-order chi connectivity index (χ0) is 15.6. The van der Waals surface area contributed by atoms with Crippen molar-refractivity contribution in [3.8, 4) is 0 Å². The summed E-state index contributed by atoms with van der Waals surface area (Å²) in [5.74, 6) is 0.599. The summed E-state index contributed by atoms with van der Waals surface area (Å²) < 4.78 is 0. The van der Waals surface area contributed by atoms with Crippen LogP contribution in [0.5, 0.6) is 0 Å². The van der Waals surface area contributed by atoms with Gasteiger partial charge < -0.3 is 10.0 Å². The van der Waals surface area contributed by atoms with Gasteiger partial charge in [0, 0.05) is 19.1 Å². The molecule has 2 aromatic rings. The first-order chi connectivity index (χ1) is 9.93. The molecular weight excluding hydrogens is 329 g/mol. The van der Waals surface area contributed by atoms with E-state index < -0.39 is 6.10 Å². The molecule has 1 aromatic heterocycles. The number of halogens is 2. The van der Waals surface area contributed by atoms with Crippen molar-refractivity contribution in [1.82, 2.24) is 9.97 Å². The molecule has 0 aliphatic carbocycles. The van der Waals surface area contributed by atoms with Gasteiger partial charge >= 0.3 is 0 Å². The van der Waals surface area contributed by atoms with Gasteiger partial charge in [0.05, 0.1) is 5.56 Å². The number of thioether (sulfide) groups is 1. The summed E-state index contributed by atoms with van der Waals surface area (Å²) in [6, 6.07) is 6.96. The van der Waals surface area contributed by atoms with Crippen LogP contribution in [-0.4, -0.2) is 35.4 Å². The number of benzene rings is 1. The molecule has 1 heterocycles. The van der Waals surface area contributed by atoms with E-state index in [0.717, 1.165) is 0 Å². The number of rotatable bonds is 4. The van der Waals surface area contributed by atoms with Crippen molar-refractivity contribution in [2.45, 2.75) is 11.3 Å². The van der Waals surface area contributed by atoms with Crippen LogP contribution in [0.25, 0.3) is 0 Å². The standard InChI is InChI=1S/C14H15Cl2N3OS/c1-19(2)13-10(12(16)17-14(18-13)21-3)11(20)8-4-6-9(15)7-5-8/h4-7,11,20H,1-3H3/t11-/m1/s1. The van der Waals surface area contributed by atoms with Crippen molar-refractivity contribution in [2.24, 2.45) is 0 Å². The van der Waals surface area contributed by atoms with Crippen LogP contribution >= 0.6 is 35.0 Å². The van der Waals surface area contributed by atoms with Crippen LogP contribution in [0.3, 0.4) is 0 Å². The van der Waals surface area contributed by atoms with Gasteiger partial charge in [0.15, 0.2) is 5.16 Å². The Morgan fingerprint density at radius 3 is 2.29 bits per heavy atom. The zero-order valence-electron chi connectivity index (χ0n) is 11.8. The maximum Gasteiger partial charge on any atom is 0.190 e. The van der Waals surface area contributed by atoms with E-state index in [1.165, 1.54) is 11.8 Å². The Morgan fingerprint density at radius 1 is 1.14 bits per heavy atom. The van der Waals surface area contributed by atoms with E-state index in [0.29, 0.717) is 27.1 Å². The molecule has 0 fully saturated rings. The van der Waals surface area contributed by atoms with E-state index in [9.17, 15) is 5.11 Å². The second-order valence-electron chi connectivity index (χ2n) is 4.59. The molecule has 0 unspecified atom stereocenters. The molecule has 0 saturated carbocycles. The van der Waals surface area contributed by atoms with E-state index >= 15 is 0 Å². The Labute approximate surface area is 138 Å². The molecular formula is C14H15Cl2N3OS. The molecule has 1 atom stereocenters. The van der Waals surface area contributed by atoms with E-state index in [1.807, 2.05) is 25.3 Å². The minimum Gasteiger partial charge on any atom is -0.383 e. The highest BCUT2D eigenvalue weighted by Gasteiger charge is 2.23. The van der Waals surface area contributed by atoms with Crippen molar-refractivity contribution in [2.75, 3.05) is 25.3 Å². The number of aliphatic hydroxyl groups excluding tert-OH is 1. The number of hydrogen-bond donors (Lipinski definition) is 1. The minimum absolute atomic E-state index is 0.250. The molecule has 0 bridgehead atoms. The summed E-state index contributed by atoms with van der Waals surface area (Å²) in [5.41, 5.74) is 1.17. The lowest BCUT2D eigenvalue weighted by Crippen LogP contribution is -2.17. The van der Waals surface area contributed by atoms with Gasteiger partial charge in [-0.3, -0.25) is 0 Å². The van der Waals surface area contributed by atoms with Gasteiger partial charge in [0.1, 0.15) is 17.1 Å². The summed E-state index contributed by atoms with van der Waals surface area (Å²) >= 11 is 13.5. The van der Waals surface area contributed by atoms with Gasteiger partial charge in [-0.05, 0) is 24.0 Å². The molecule has 0 aliphatic rings. The second kappa shape index (κ2) is 6.83. The van der Waals surface area contributed by atoms with Crippen LogP contribution in [-0.2, 0) is 0 Å². The molecule has 0 spiro atoms. The van der Waals surface area contributed by atoms with Crippen molar-refractivity contribution in [3.05, 3.63) is 45.6 Å². The number of anilines is 1. The summed E-state index contributed by atoms with van der Waals surface area (Å²) in [5, 5.41) is 12.0. The maximum absolute atomic E-state index is 10.6. The third-order valence-corrected chi connectivity index (χ3v) is 4.01. The fraction of sp³-hybridized carbons (Fsp3) is 0.286. The Morgan fingerprint density at radius 2 is 1.76 bits per heavy atom. The van der Waals surface area contributed by atoms with Crippen molar-refractivity contribution < 1.29 is 5.11 Å². The molecule has 1 aromatic carbocycles. The van der Waals surface area contributed by atoms with E-state index in [1.54, 1.807) is 24.3 Å². The lowest BCUT2D eigenvalue weighted by molar-refractivity contribution is 0.219. The van der Waals surface area contributed by atoms with E-state index in [2.05, 4.69) is 9.97 Å². The van der Waals surface area contributed by atoms with Crippen LogP contribution in [0.15, 0.2) is 29.4 Å². The van der Waals surface area contributed by atoms with Gasteiger partial charge in [0.2, 0.25) is 0 Å². The Balaban J connectivity index is 2.53. The lowest BCUT2D eigenvalue weighted by atomic mass is 10.0. The Kier molecular flexibility index (Phi) is 5.32. The molecule has 7 heteroatoms. The third kappa shape index (κ3) is 3.61. The summed E-state index contributed by atoms with van der Waals surface area (Å²) in [4.78, 5) is 10.4. The van der Waals surface area contributed by atoms with Gasteiger partial charge in [-0.25, -0.2) is 9.97 Å². The van der Waals surface area contributed by atoms with Gasteiger partial charge in [0.25, 0.3) is 0 Å². The fourth-order valence-corrected chi connectivity index (χ4v) is 2.70. The summed E-state index contributed by atoms with van der Waals surface area (Å²) in [6.45, 7) is 0. The maximum atomic E-state index is 10.6. The quantitative estimate of drug-likeness (QED) is 0.521. The molecule has 0 amide bonds. The first-order valence-corrected chi connectivity index (χ1v) is 8.14. The topological polar surface area (TPSA) is 49.3 Å². The molecule has 4 nitrogen and oxygen atoms in total. The molecule has 1 N–H and O–H groups in total. The highest BCUT2D eigenvalue weighted by atomic mass is 35.5. The monoisotopic (exact) mass is 343 g/mol. The lowest BCUT2D eigenvalue weighted by Gasteiger charge is -2.21. The van der Waals surface area contributed by atoms with Crippen LogP contribution < -0.4 is 4.90 Å². The predicted molar refractivity (Wildman–Crippen MR) is 88.7 cm³/mol. The molecule has 2 rings (SSSR count). The minimum atomic E-state index is -0.914. The van der Waals surface area contributed by atoms with Crippen LogP contribution in [0.1, 0.15) is 17.2 Å². The van der Waals surface area contributed by atoms with Crippen LogP contribution in [0.2, 0.25) is 10.2 Å². The number of aromatic nitrogens is 2. The van der Waals surface area contributed by atoms with Crippen molar-refractivity contribution in [3.63, 3.8) is 0 Å². The van der Waals surface area contributed by atoms with Crippen LogP contribution in [0, 0.1) is 0 Å². The van der Waals surface area contributed by atoms with Gasteiger partial charge in [-0.2, -0.15) is 0 Å². The largest absolute Gasteiger partial charge is 0.383 e. The number of nitrogens with zero attached hydrogens (tertiary/aromatic N) is 3. The average molecular weight is 344 g/mol.